The number of sulfonamides is 1. The van der Waals surface area contributed by atoms with Crippen LogP contribution in [-0.4, -0.2) is 33.7 Å². The summed E-state index contributed by atoms with van der Waals surface area (Å²) in [6, 6.07) is 11.5. The van der Waals surface area contributed by atoms with E-state index in [1.54, 1.807) is 24.3 Å². The molecule has 8 heteroatoms. The van der Waals surface area contributed by atoms with Crippen molar-refractivity contribution >= 4 is 37.5 Å². The first-order chi connectivity index (χ1) is 13.2. The number of benzene rings is 2. The lowest BCUT2D eigenvalue weighted by atomic mass is 10.1. The van der Waals surface area contributed by atoms with E-state index in [-0.39, 0.29) is 24.7 Å². The zero-order valence-electron chi connectivity index (χ0n) is 15.9. The fraction of sp³-hybridized carbons (Fsp3) is 0.350. The van der Waals surface area contributed by atoms with E-state index in [1.165, 1.54) is 16.4 Å². The lowest BCUT2D eigenvalue weighted by Crippen LogP contribution is -2.32. The Kier molecular flexibility index (Phi) is 8.00. The molecule has 1 N–H and O–H groups in total. The molecule has 0 radical (unpaired) electrons. The van der Waals surface area contributed by atoms with Crippen LogP contribution in [-0.2, 0) is 21.2 Å². The molecule has 0 fully saturated rings. The normalized spacial score (nSPS) is 11.3. The Hall–Kier alpha value is -1.93. The first-order valence-electron chi connectivity index (χ1n) is 8.92. The van der Waals surface area contributed by atoms with Crippen LogP contribution in [0.3, 0.4) is 0 Å². The number of hydrogen-bond donors (Lipinski definition) is 1. The third kappa shape index (κ3) is 6.91. The molecule has 152 valence electrons. The molecular formula is C20H24BrFN2O3S. The van der Waals surface area contributed by atoms with Gasteiger partial charge in [-0.25, -0.2) is 12.8 Å². The third-order valence-corrected chi connectivity index (χ3v) is 6.33. The molecule has 5 nitrogen and oxygen atoms in total. The average molecular weight is 471 g/mol. The minimum Gasteiger partial charge on any atom is -0.356 e. The summed E-state index contributed by atoms with van der Waals surface area (Å²) in [6.07, 6.45) is 2.41. The molecule has 0 unspecified atom stereocenters. The van der Waals surface area contributed by atoms with Gasteiger partial charge in [-0.2, -0.15) is 0 Å². The van der Waals surface area contributed by atoms with Crippen LogP contribution in [0.4, 0.5) is 10.1 Å². The van der Waals surface area contributed by atoms with E-state index < -0.39 is 10.0 Å². The number of rotatable bonds is 9. The highest BCUT2D eigenvalue weighted by atomic mass is 79.9. The predicted octanol–water partition coefficient (Wildman–Crippen LogP) is 3.80. The summed E-state index contributed by atoms with van der Waals surface area (Å²) in [5.41, 5.74) is 2.46. The van der Waals surface area contributed by atoms with E-state index in [2.05, 4.69) is 21.2 Å². The average Bonchev–Trinajstić information content (AvgIpc) is 2.62. The number of carbonyl (C=O) groups is 1. The topological polar surface area (TPSA) is 66.5 Å². The van der Waals surface area contributed by atoms with Crippen LogP contribution >= 0.6 is 15.9 Å². The molecule has 0 bridgehead atoms. The maximum atomic E-state index is 12.9. The van der Waals surface area contributed by atoms with Crippen molar-refractivity contribution in [3.8, 4) is 0 Å². The monoisotopic (exact) mass is 470 g/mol. The van der Waals surface area contributed by atoms with Crippen LogP contribution in [0.5, 0.6) is 0 Å². The van der Waals surface area contributed by atoms with E-state index >= 15 is 0 Å². The van der Waals surface area contributed by atoms with Crippen molar-refractivity contribution in [2.45, 2.75) is 26.2 Å². The maximum Gasteiger partial charge on any atom is 0.232 e. The summed E-state index contributed by atoms with van der Waals surface area (Å²) in [6.45, 7) is 2.57. The second-order valence-electron chi connectivity index (χ2n) is 6.60. The van der Waals surface area contributed by atoms with Crippen molar-refractivity contribution in [3.05, 3.63) is 63.9 Å². The van der Waals surface area contributed by atoms with Crippen molar-refractivity contribution < 1.29 is 17.6 Å². The van der Waals surface area contributed by atoms with Gasteiger partial charge in [-0.1, -0.05) is 28.1 Å². The molecule has 0 saturated carbocycles. The van der Waals surface area contributed by atoms with Gasteiger partial charge in [-0.15, -0.1) is 0 Å². The summed E-state index contributed by atoms with van der Waals surface area (Å²) in [7, 11) is -3.45. The molecule has 0 atom stereocenters. The number of amides is 1. The largest absolute Gasteiger partial charge is 0.356 e. The predicted molar refractivity (Wildman–Crippen MR) is 113 cm³/mol. The standard InChI is InChI=1S/C20H24BrFN2O3S/c1-15-14-18(9-10-19(15)21)24(28(2,26)27)13-3-4-20(25)23-12-11-16-5-7-17(22)8-6-16/h5-10,14H,3-4,11-13H2,1-2H3,(H,23,25). The number of hydrogen-bond acceptors (Lipinski definition) is 3. The number of nitrogens with one attached hydrogen (secondary N) is 1. The quantitative estimate of drug-likeness (QED) is 0.605. The molecule has 0 heterocycles. The van der Waals surface area contributed by atoms with Crippen LogP contribution in [0.2, 0.25) is 0 Å². The fourth-order valence-electron chi connectivity index (χ4n) is 2.74. The van der Waals surface area contributed by atoms with Gasteiger partial charge in [0, 0.05) is 24.0 Å². The van der Waals surface area contributed by atoms with Gasteiger partial charge in [0.05, 0.1) is 11.9 Å². The summed E-state index contributed by atoms with van der Waals surface area (Å²) < 4.78 is 39.4. The highest BCUT2D eigenvalue weighted by molar-refractivity contribution is 9.10. The molecule has 2 rings (SSSR count). The summed E-state index contributed by atoms with van der Waals surface area (Å²) in [5, 5.41) is 2.81. The zero-order chi connectivity index (χ0) is 20.7. The number of nitrogens with zero attached hydrogens (tertiary/aromatic N) is 1. The molecule has 0 aliphatic heterocycles. The number of halogens is 2. The molecule has 2 aromatic rings. The van der Waals surface area contributed by atoms with Crippen molar-refractivity contribution in [2.75, 3.05) is 23.7 Å². The van der Waals surface area contributed by atoms with Crippen molar-refractivity contribution in [1.82, 2.24) is 5.32 Å². The van der Waals surface area contributed by atoms with Crippen LogP contribution in [0, 0.1) is 12.7 Å². The molecule has 0 saturated heterocycles. The molecule has 28 heavy (non-hydrogen) atoms. The molecule has 0 aliphatic carbocycles. The highest BCUT2D eigenvalue weighted by Crippen LogP contribution is 2.25. The Morgan fingerprint density at radius 3 is 2.46 bits per heavy atom. The number of aryl methyl sites for hydroxylation is 1. The smallest absolute Gasteiger partial charge is 0.232 e. The van der Waals surface area contributed by atoms with Gasteiger partial charge in [0.25, 0.3) is 0 Å². The van der Waals surface area contributed by atoms with Crippen LogP contribution in [0.15, 0.2) is 46.9 Å². The van der Waals surface area contributed by atoms with E-state index in [0.29, 0.717) is 25.1 Å². The van der Waals surface area contributed by atoms with Gasteiger partial charge in [0.1, 0.15) is 5.82 Å². The highest BCUT2D eigenvalue weighted by Gasteiger charge is 2.18. The Bertz CT molecular complexity index is 918. The second-order valence-corrected chi connectivity index (χ2v) is 9.36. The maximum absolute atomic E-state index is 12.9. The van der Waals surface area contributed by atoms with E-state index in [4.69, 9.17) is 0 Å². The number of carbonyl (C=O) groups excluding carboxylic acids is 1. The number of anilines is 1. The van der Waals surface area contributed by atoms with Crippen LogP contribution in [0.1, 0.15) is 24.0 Å². The van der Waals surface area contributed by atoms with Crippen molar-refractivity contribution in [1.29, 1.82) is 0 Å². The Balaban J connectivity index is 1.83. The van der Waals surface area contributed by atoms with Gasteiger partial charge >= 0.3 is 0 Å². The van der Waals surface area contributed by atoms with Crippen molar-refractivity contribution in [3.63, 3.8) is 0 Å². The summed E-state index contributed by atoms with van der Waals surface area (Å²) in [4.78, 5) is 12.0. The van der Waals surface area contributed by atoms with Gasteiger partial charge in [0.2, 0.25) is 15.9 Å². The van der Waals surface area contributed by atoms with Gasteiger partial charge < -0.3 is 5.32 Å². The van der Waals surface area contributed by atoms with E-state index in [0.717, 1.165) is 21.9 Å². The van der Waals surface area contributed by atoms with E-state index in [1.807, 2.05) is 13.0 Å². The minimum atomic E-state index is -3.45. The van der Waals surface area contributed by atoms with Gasteiger partial charge in [-0.05, 0) is 61.2 Å². The van der Waals surface area contributed by atoms with Crippen molar-refractivity contribution in [2.24, 2.45) is 0 Å². The lowest BCUT2D eigenvalue weighted by molar-refractivity contribution is -0.121. The van der Waals surface area contributed by atoms with E-state index in [9.17, 15) is 17.6 Å². The Labute approximate surface area is 174 Å². The molecule has 0 aliphatic rings. The Morgan fingerprint density at radius 1 is 1.18 bits per heavy atom. The molecule has 0 aromatic heterocycles. The fourth-order valence-corrected chi connectivity index (χ4v) is 3.94. The second kappa shape index (κ2) is 10.0. The Morgan fingerprint density at radius 2 is 1.86 bits per heavy atom. The molecular weight excluding hydrogens is 447 g/mol. The minimum absolute atomic E-state index is 0.137. The van der Waals surface area contributed by atoms with Gasteiger partial charge in [0.15, 0.2) is 0 Å². The first kappa shape index (κ1) is 22.4. The van der Waals surface area contributed by atoms with Crippen LogP contribution in [0.25, 0.3) is 0 Å². The molecule has 1 amide bonds. The SMILES string of the molecule is Cc1cc(N(CCCC(=O)NCCc2ccc(F)cc2)S(C)(=O)=O)ccc1Br. The van der Waals surface area contributed by atoms with Crippen LogP contribution < -0.4 is 9.62 Å². The third-order valence-electron chi connectivity index (χ3n) is 4.24. The first-order valence-corrected chi connectivity index (χ1v) is 11.6. The summed E-state index contributed by atoms with van der Waals surface area (Å²) in [5.74, 6) is -0.424. The lowest BCUT2D eigenvalue weighted by Gasteiger charge is -2.23. The zero-order valence-corrected chi connectivity index (χ0v) is 18.3. The molecule has 0 spiro atoms. The molecule has 2 aromatic carbocycles. The van der Waals surface area contributed by atoms with Gasteiger partial charge in [-0.3, -0.25) is 9.10 Å². The summed E-state index contributed by atoms with van der Waals surface area (Å²) >= 11 is 3.41.